The van der Waals surface area contributed by atoms with Crippen LogP contribution in [-0.4, -0.2) is 16.2 Å². The topological polar surface area (TPSA) is 68.0 Å². The van der Waals surface area contributed by atoms with Crippen molar-refractivity contribution in [3.05, 3.63) is 41.1 Å². The van der Waals surface area contributed by atoms with Gasteiger partial charge in [0.1, 0.15) is 5.69 Å². The van der Waals surface area contributed by atoms with Crippen LogP contribution in [0, 0.1) is 6.92 Å². The molecule has 0 unspecified atom stereocenters. The lowest BCUT2D eigenvalue weighted by Gasteiger charge is -2.07. The van der Waals surface area contributed by atoms with Gasteiger partial charge in [-0.05, 0) is 36.3 Å². The van der Waals surface area contributed by atoms with E-state index in [4.69, 9.17) is 0 Å². The number of amides is 1. The lowest BCUT2D eigenvalue weighted by atomic mass is 10.1. The smallest absolute Gasteiger partial charge is 0.302 e. The molecule has 1 amide bonds. The van der Waals surface area contributed by atoms with Crippen molar-refractivity contribution in [2.24, 2.45) is 0 Å². The molecule has 8 heteroatoms. The summed E-state index contributed by atoms with van der Waals surface area (Å²) >= 11 is 0. The molecule has 0 aliphatic rings. The summed E-state index contributed by atoms with van der Waals surface area (Å²) < 4.78 is 41.4. The highest BCUT2D eigenvalue weighted by Crippen LogP contribution is 2.29. The second-order valence-corrected chi connectivity index (χ2v) is 3.73. The lowest BCUT2D eigenvalue weighted by molar-refractivity contribution is -0.137. The monoisotopic (exact) mass is 271 g/mol. The second-order valence-electron chi connectivity index (χ2n) is 3.73. The van der Waals surface area contributed by atoms with E-state index < -0.39 is 17.6 Å². The van der Waals surface area contributed by atoms with E-state index in [2.05, 4.69) is 20.3 Å². The van der Waals surface area contributed by atoms with E-state index in [0.717, 1.165) is 24.3 Å². The van der Waals surface area contributed by atoms with Gasteiger partial charge >= 0.3 is 6.18 Å². The molecule has 1 aromatic heterocycles. The van der Waals surface area contributed by atoms with Gasteiger partial charge < -0.3 is 5.32 Å². The van der Waals surface area contributed by atoms with Crippen LogP contribution in [0.1, 0.15) is 21.6 Å². The van der Waals surface area contributed by atoms with Gasteiger partial charge in [-0.25, -0.2) is 4.63 Å². The molecule has 1 heterocycles. The van der Waals surface area contributed by atoms with E-state index in [1.807, 2.05) is 0 Å². The summed E-state index contributed by atoms with van der Waals surface area (Å²) in [7, 11) is 0. The molecule has 19 heavy (non-hydrogen) atoms. The van der Waals surface area contributed by atoms with Gasteiger partial charge in [0.15, 0.2) is 0 Å². The fourth-order valence-corrected chi connectivity index (χ4v) is 1.34. The molecule has 0 radical (unpaired) electrons. The zero-order valence-electron chi connectivity index (χ0n) is 9.65. The Bertz CT molecular complexity index is 590. The third kappa shape index (κ3) is 2.90. The van der Waals surface area contributed by atoms with E-state index in [1.54, 1.807) is 6.92 Å². The van der Waals surface area contributed by atoms with Crippen molar-refractivity contribution >= 4 is 11.7 Å². The van der Waals surface area contributed by atoms with E-state index in [0.29, 0.717) is 5.69 Å². The second kappa shape index (κ2) is 4.71. The third-order valence-electron chi connectivity index (χ3n) is 2.36. The van der Waals surface area contributed by atoms with Gasteiger partial charge in [-0.2, -0.15) is 13.2 Å². The minimum Gasteiger partial charge on any atom is -0.302 e. The van der Waals surface area contributed by atoms with Crippen molar-refractivity contribution < 1.29 is 22.6 Å². The Morgan fingerprint density at radius 1 is 1.21 bits per heavy atom. The van der Waals surface area contributed by atoms with Crippen LogP contribution in [0.3, 0.4) is 0 Å². The van der Waals surface area contributed by atoms with Crippen molar-refractivity contribution in [1.82, 2.24) is 10.3 Å². The van der Waals surface area contributed by atoms with Crippen molar-refractivity contribution in [2.75, 3.05) is 5.32 Å². The first-order valence-electron chi connectivity index (χ1n) is 5.15. The first kappa shape index (κ1) is 13.1. The molecule has 0 aliphatic carbocycles. The van der Waals surface area contributed by atoms with Crippen LogP contribution in [0.25, 0.3) is 0 Å². The molecular formula is C11H8F3N3O2. The van der Waals surface area contributed by atoms with Gasteiger partial charge in [0, 0.05) is 5.56 Å². The van der Waals surface area contributed by atoms with Crippen LogP contribution >= 0.6 is 0 Å². The number of carbonyl (C=O) groups is 1. The largest absolute Gasteiger partial charge is 0.416 e. The maximum atomic E-state index is 12.3. The van der Waals surface area contributed by atoms with Gasteiger partial charge in [-0.15, -0.1) is 0 Å². The number of hydrogen-bond donors (Lipinski definition) is 1. The predicted molar refractivity (Wildman–Crippen MR) is 58.4 cm³/mol. The molecule has 0 aliphatic heterocycles. The zero-order chi connectivity index (χ0) is 14.0. The average molecular weight is 271 g/mol. The van der Waals surface area contributed by atoms with Crippen molar-refractivity contribution in [3.63, 3.8) is 0 Å². The highest BCUT2D eigenvalue weighted by molar-refractivity contribution is 6.03. The summed E-state index contributed by atoms with van der Waals surface area (Å²) in [6, 6.07) is 3.84. The molecule has 0 saturated heterocycles. The molecule has 0 atom stereocenters. The zero-order valence-corrected chi connectivity index (χ0v) is 9.65. The molecule has 0 saturated carbocycles. The van der Waals surface area contributed by atoms with Crippen LogP contribution in [-0.2, 0) is 6.18 Å². The Morgan fingerprint density at radius 3 is 2.32 bits per heavy atom. The molecule has 100 valence electrons. The Morgan fingerprint density at radius 2 is 1.84 bits per heavy atom. The van der Waals surface area contributed by atoms with Gasteiger partial charge in [0.2, 0.25) is 5.82 Å². The number of hydrogen-bond acceptors (Lipinski definition) is 4. The fraction of sp³-hybridized carbons (Fsp3) is 0.182. The van der Waals surface area contributed by atoms with Gasteiger partial charge in [0.25, 0.3) is 5.91 Å². The standard InChI is InChI=1S/C11H8F3N3O2/c1-6-9(17-19-16-6)15-10(18)7-2-4-8(5-3-7)11(12,13)14/h2-5H,1H3,(H,15,17,18). The predicted octanol–water partition coefficient (Wildman–Crippen LogP) is 2.65. The summed E-state index contributed by atoms with van der Waals surface area (Å²) in [5.41, 5.74) is -0.362. The number of nitrogens with zero attached hydrogens (tertiary/aromatic N) is 2. The highest BCUT2D eigenvalue weighted by atomic mass is 19.4. The van der Waals surface area contributed by atoms with E-state index >= 15 is 0 Å². The summed E-state index contributed by atoms with van der Waals surface area (Å²) in [5.74, 6) is -0.461. The molecule has 0 bridgehead atoms. The minimum atomic E-state index is -4.43. The Hall–Kier alpha value is -2.38. The number of benzene rings is 1. The number of halogens is 3. The molecule has 0 fully saturated rings. The van der Waals surface area contributed by atoms with E-state index in [1.165, 1.54) is 0 Å². The SMILES string of the molecule is Cc1nonc1NC(=O)c1ccc(C(F)(F)F)cc1. The van der Waals surface area contributed by atoms with Crippen LogP contribution in [0.4, 0.5) is 19.0 Å². The molecule has 0 spiro atoms. The lowest BCUT2D eigenvalue weighted by Crippen LogP contribution is -2.13. The Labute approximate surface area is 105 Å². The molecule has 2 rings (SSSR count). The first-order chi connectivity index (χ1) is 8.88. The number of nitrogens with one attached hydrogen (secondary N) is 1. The quantitative estimate of drug-likeness (QED) is 0.911. The van der Waals surface area contributed by atoms with Crippen LogP contribution < -0.4 is 5.32 Å². The highest BCUT2D eigenvalue weighted by Gasteiger charge is 2.30. The minimum absolute atomic E-state index is 0.0791. The van der Waals surface area contributed by atoms with E-state index in [9.17, 15) is 18.0 Å². The number of alkyl halides is 3. The normalized spacial score (nSPS) is 11.4. The number of aromatic nitrogens is 2. The number of aryl methyl sites for hydroxylation is 1. The summed E-state index contributed by atoms with van der Waals surface area (Å²) in [6.07, 6.45) is -4.43. The average Bonchev–Trinajstić information content (AvgIpc) is 2.74. The summed E-state index contributed by atoms with van der Waals surface area (Å²) in [4.78, 5) is 11.7. The van der Waals surface area contributed by atoms with Gasteiger partial charge in [-0.1, -0.05) is 5.16 Å². The number of anilines is 1. The molecule has 2 aromatic rings. The summed E-state index contributed by atoms with van der Waals surface area (Å²) in [5, 5.41) is 9.28. The molecular weight excluding hydrogens is 263 g/mol. The van der Waals surface area contributed by atoms with Crippen LogP contribution in [0.15, 0.2) is 28.9 Å². The maximum Gasteiger partial charge on any atom is 0.416 e. The molecule has 1 N–H and O–H groups in total. The summed E-state index contributed by atoms with van der Waals surface area (Å²) in [6.45, 7) is 1.57. The Kier molecular flexibility index (Phi) is 3.24. The maximum absolute atomic E-state index is 12.3. The number of rotatable bonds is 2. The number of carbonyl (C=O) groups excluding carboxylic acids is 1. The van der Waals surface area contributed by atoms with Crippen molar-refractivity contribution in [3.8, 4) is 0 Å². The van der Waals surface area contributed by atoms with Crippen LogP contribution in [0.2, 0.25) is 0 Å². The molecule has 5 nitrogen and oxygen atoms in total. The van der Waals surface area contributed by atoms with Crippen molar-refractivity contribution in [2.45, 2.75) is 13.1 Å². The fourth-order valence-electron chi connectivity index (χ4n) is 1.34. The van der Waals surface area contributed by atoms with E-state index in [-0.39, 0.29) is 11.4 Å². The first-order valence-corrected chi connectivity index (χ1v) is 5.15. The van der Waals surface area contributed by atoms with Crippen molar-refractivity contribution in [1.29, 1.82) is 0 Å². The Balaban J connectivity index is 2.14. The third-order valence-corrected chi connectivity index (χ3v) is 2.36. The van der Waals surface area contributed by atoms with Gasteiger partial charge in [-0.3, -0.25) is 4.79 Å². The molecule has 1 aromatic carbocycles. The van der Waals surface area contributed by atoms with Crippen LogP contribution in [0.5, 0.6) is 0 Å². The van der Waals surface area contributed by atoms with Gasteiger partial charge in [0.05, 0.1) is 5.56 Å².